The average molecular weight is 274 g/mol. The quantitative estimate of drug-likeness (QED) is 0.774. The summed E-state index contributed by atoms with van der Waals surface area (Å²) in [6, 6.07) is 10.8. The minimum atomic E-state index is 0.584. The van der Waals surface area contributed by atoms with Crippen LogP contribution in [0, 0.1) is 11.8 Å². The van der Waals surface area contributed by atoms with E-state index in [1.54, 1.807) is 0 Å². The van der Waals surface area contributed by atoms with Crippen molar-refractivity contribution in [1.29, 1.82) is 0 Å². The molecule has 0 spiro atoms. The first-order valence-corrected chi connectivity index (χ1v) is 7.92. The maximum absolute atomic E-state index is 5.97. The van der Waals surface area contributed by atoms with Gasteiger partial charge in [0, 0.05) is 32.2 Å². The van der Waals surface area contributed by atoms with Crippen LogP contribution in [-0.4, -0.2) is 44.3 Å². The molecular weight excluding hydrogens is 248 g/mol. The van der Waals surface area contributed by atoms with Crippen LogP contribution < -0.4 is 5.73 Å². The van der Waals surface area contributed by atoms with Gasteiger partial charge >= 0.3 is 0 Å². The number of hydrogen-bond donors (Lipinski definition) is 1. The summed E-state index contributed by atoms with van der Waals surface area (Å²) in [4.78, 5) is 2.52. The van der Waals surface area contributed by atoms with Crippen molar-refractivity contribution in [3.05, 3.63) is 35.9 Å². The van der Waals surface area contributed by atoms with Crippen LogP contribution in [0.2, 0.25) is 0 Å². The predicted molar refractivity (Wildman–Crippen MR) is 81.7 cm³/mol. The van der Waals surface area contributed by atoms with E-state index < -0.39 is 0 Å². The summed E-state index contributed by atoms with van der Waals surface area (Å²) in [6.07, 6.45) is 2.74. The fraction of sp³-hybridized carbons (Fsp3) is 0.647. The zero-order chi connectivity index (χ0) is 13.8. The summed E-state index contributed by atoms with van der Waals surface area (Å²) in [5.74, 6) is 2.04. The van der Waals surface area contributed by atoms with E-state index in [1.807, 2.05) is 0 Å². The van der Waals surface area contributed by atoms with Gasteiger partial charge in [0.05, 0.1) is 6.61 Å². The first kappa shape index (κ1) is 14.1. The lowest BCUT2D eigenvalue weighted by Gasteiger charge is -2.16. The number of nitrogens with two attached hydrogens (primary N) is 1. The molecule has 1 aliphatic heterocycles. The van der Waals surface area contributed by atoms with E-state index in [4.69, 9.17) is 10.5 Å². The lowest BCUT2D eigenvalue weighted by molar-refractivity contribution is 0.102. The van der Waals surface area contributed by atoms with Crippen LogP contribution in [0.4, 0.5) is 0 Å². The first-order chi connectivity index (χ1) is 9.86. The third-order valence-electron chi connectivity index (χ3n) is 4.65. The second kappa shape index (κ2) is 6.70. The molecule has 0 amide bonds. The number of nitrogens with zero attached hydrogens (tertiary/aromatic N) is 1. The van der Waals surface area contributed by atoms with E-state index >= 15 is 0 Å². The molecule has 20 heavy (non-hydrogen) atoms. The predicted octanol–water partition coefficient (Wildman–Crippen LogP) is 2.09. The molecule has 110 valence electrons. The molecule has 3 heteroatoms. The molecular formula is C17H26N2O. The van der Waals surface area contributed by atoms with Gasteiger partial charge in [0.2, 0.25) is 0 Å². The van der Waals surface area contributed by atoms with Gasteiger partial charge < -0.3 is 15.4 Å². The van der Waals surface area contributed by atoms with Crippen molar-refractivity contribution in [1.82, 2.24) is 4.90 Å². The van der Waals surface area contributed by atoms with Crippen molar-refractivity contribution in [3.8, 4) is 0 Å². The molecule has 3 nitrogen and oxygen atoms in total. The molecule has 1 aliphatic carbocycles. The van der Waals surface area contributed by atoms with Crippen molar-refractivity contribution < 1.29 is 4.74 Å². The second-order valence-electron chi connectivity index (χ2n) is 6.29. The minimum absolute atomic E-state index is 0.584. The fourth-order valence-electron chi connectivity index (χ4n) is 3.19. The van der Waals surface area contributed by atoms with Gasteiger partial charge in [-0.3, -0.25) is 0 Å². The lowest BCUT2D eigenvalue weighted by atomic mass is 9.89. The summed E-state index contributed by atoms with van der Waals surface area (Å²) in [7, 11) is 0. The minimum Gasteiger partial charge on any atom is -0.380 e. The van der Waals surface area contributed by atoms with Crippen molar-refractivity contribution in [2.45, 2.75) is 18.8 Å². The highest BCUT2D eigenvalue weighted by Gasteiger charge is 2.32. The van der Waals surface area contributed by atoms with Gasteiger partial charge in [0.25, 0.3) is 0 Å². The molecule has 1 saturated carbocycles. The third kappa shape index (κ3) is 3.60. The lowest BCUT2D eigenvalue weighted by Crippen LogP contribution is -2.27. The molecule has 3 rings (SSSR count). The molecule has 2 N–H and O–H groups in total. The van der Waals surface area contributed by atoms with Gasteiger partial charge in [-0.1, -0.05) is 30.3 Å². The van der Waals surface area contributed by atoms with Crippen LogP contribution in [0.25, 0.3) is 0 Å². The van der Waals surface area contributed by atoms with E-state index in [9.17, 15) is 0 Å². The van der Waals surface area contributed by atoms with E-state index in [2.05, 4.69) is 35.2 Å². The number of hydrogen-bond acceptors (Lipinski definition) is 3. The van der Waals surface area contributed by atoms with Crippen molar-refractivity contribution in [3.63, 3.8) is 0 Å². The average Bonchev–Trinajstić information content (AvgIpc) is 3.23. The summed E-state index contributed by atoms with van der Waals surface area (Å²) >= 11 is 0. The van der Waals surface area contributed by atoms with Crippen molar-refractivity contribution in [2.75, 3.05) is 39.4 Å². The summed E-state index contributed by atoms with van der Waals surface area (Å²) in [6.45, 7) is 5.90. The Morgan fingerprint density at radius 1 is 1.15 bits per heavy atom. The number of benzene rings is 1. The molecule has 0 unspecified atom stereocenters. The number of likely N-dealkylation sites (tertiary alicyclic amines) is 1. The summed E-state index contributed by atoms with van der Waals surface area (Å²) in [5.41, 5.74) is 7.40. The molecule has 2 aliphatic rings. The first-order valence-electron chi connectivity index (χ1n) is 7.92. The second-order valence-corrected chi connectivity index (χ2v) is 6.29. The molecule has 1 saturated heterocycles. The molecule has 1 aromatic rings. The van der Waals surface area contributed by atoms with E-state index in [-0.39, 0.29) is 0 Å². The fourth-order valence-corrected chi connectivity index (χ4v) is 3.19. The van der Waals surface area contributed by atoms with E-state index in [0.29, 0.717) is 11.8 Å². The summed E-state index contributed by atoms with van der Waals surface area (Å²) in [5, 5.41) is 0. The van der Waals surface area contributed by atoms with E-state index in [1.165, 1.54) is 18.4 Å². The van der Waals surface area contributed by atoms with Crippen LogP contribution >= 0.6 is 0 Å². The van der Waals surface area contributed by atoms with Crippen LogP contribution in [-0.2, 0) is 4.74 Å². The van der Waals surface area contributed by atoms with Crippen LogP contribution in [0.5, 0.6) is 0 Å². The maximum atomic E-state index is 5.97. The Bertz CT molecular complexity index is 405. The molecule has 2 atom stereocenters. The van der Waals surface area contributed by atoms with Gasteiger partial charge in [0.1, 0.15) is 0 Å². The van der Waals surface area contributed by atoms with Gasteiger partial charge in [-0.15, -0.1) is 0 Å². The molecule has 0 bridgehead atoms. The Kier molecular flexibility index (Phi) is 4.71. The van der Waals surface area contributed by atoms with Crippen molar-refractivity contribution in [2.24, 2.45) is 17.6 Å². The van der Waals surface area contributed by atoms with Gasteiger partial charge in [-0.05, 0) is 36.8 Å². The largest absolute Gasteiger partial charge is 0.380 e. The Morgan fingerprint density at radius 2 is 1.95 bits per heavy atom. The topological polar surface area (TPSA) is 38.5 Å². The zero-order valence-corrected chi connectivity index (χ0v) is 12.2. The Morgan fingerprint density at radius 3 is 2.65 bits per heavy atom. The van der Waals surface area contributed by atoms with Crippen molar-refractivity contribution >= 4 is 0 Å². The number of ether oxygens (including phenoxy) is 1. The van der Waals surface area contributed by atoms with Crippen LogP contribution in [0.3, 0.4) is 0 Å². The Balaban J connectivity index is 1.48. The highest BCUT2D eigenvalue weighted by atomic mass is 16.5. The zero-order valence-electron chi connectivity index (χ0n) is 12.2. The molecule has 0 aromatic heterocycles. The Hall–Kier alpha value is -0.900. The standard InChI is InChI=1S/C17H26N2O/c18-10-16-11-19(8-9-20-13-14-6-7-14)12-17(16)15-4-2-1-3-5-15/h1-5,14,16-17H,6-13,18H2/t16-,17+/m1/s1. The maximum Gasteiger partial charge on any atom is 0.0593 e. The van der Waals surface area contributed by atoms with Crippen LogP contribution in [0.1, 0.15) is 24.3 Å². The van der Waals surface area contributed by atoms with Gasteiger partial charge in [-0.2, -0.15) is 0 Å². The molecule has 1 aromatic carbocycles. The highest BCUT2D eigenvalue weighted by molar-refractivity contribution is 5.22. The highest BCUT2D eigenvalue weighted by Crippen LogP contribution is 2.32. The molecule has 1 heterocycles. The Labute approximate surface area is 122 Å². The molecule has 2 fully saturated rings. The molecule has 0 radical (unpaired) electrons. The van der Waals surface area contributed by atoms with Gasteiger partial charge in [0.15, 0.2) is 0 Å². The van der Waals surface area contributed by atoms with E-state index in [0.717, 1.165) is 45.3 Å². The van der Waals surface area contributed by atoms with Gasteiger partial charge in [-0.25, -0.2) is 0 Å². The third-order valence-corrected chi connectivity index (χ3v) is 4.65. The normalized spacial score (nSPS) is 27.1. The summed E-state index contributed by atoms with van der Waals surface area (Å²) < 4.78 is 5.76. The SMILES string of the molecule is NC[C@@H]1CN(CCOCC2CC2)C[C@H]1c1ccccc1. The smallest absolute Gasteiger partial charge is 0.0593 e. The van der Waals surface area contributed by atoms with Crippen LogP contribution in [0.15, 0.2) is 30.3 Å². The number of rotatable bonds is 7. The monoisotopic (exact) mass is 274 g/mol.